The summed E-state index contributed by atoms with van der Waals surface area (Å²) < 4.78 is 7.29. The molecule has 4 rings (SSSR count). The largest absolute Gasteiger partial charge is 0.483 e. The summed E-state index contributed by atoms with van der Waals surface area (Å²) in [7, 11) is 0. The number of carbonyl (C=O) groups is 1. The maximum atomic E-state index is 12.8. The summed E-state index contributed by atoms with van der Waals surface area (Å²) in [6.07, 6.45) is 3.29. The van der Waals surface area contributed by atoms with E-state index < -0.39 is 0 Å². The van der Waals surface area contributed by atoms with Crippen molar-refractivity contribution < 1.29 is 14.6 Å². The van der Waals surface area contributed by atoms with Crippen molar-refractivity contribution in [1.29, 1.82) is 0 Å². The summed E-state index contributed by atoms with van der Waals surface area (Å²) in [5, 5.41) is 12.8. The van der Waals surface area contributed by atoms with E-state index in [0.717, 1.165) is 38.0 Å². The van der Waals surface area contributed by atoms with Crippen molar-refractivity contribution >= 4 is 5.91 Å². The second kappa shape index (κ2) is 11.6. The quantitative estimate of drug-likeness (QED) is 0.512. The molecule has 0 atom stereocenters. The van der Waals surface area contributed by atoms with Crippen LogP contribution in [0.15, 0.2) is 77.7 Å². The molecule has 2 aromatic carbocycles. The fraction of sp³-hybridized carbons (Fsp3) is 0.333. The second-order valence-electron chi connectivity index (χ2n) is 8.66. The van der Waals surface area contributed by atoms with Gasteiger partial charge in [-0.05, 0) is 24.0 Å². The summed E-state index contributed by atoms with van der Waals surface area (Å²) in [4.78, 5) is 27.5. The number of nitrogens with one attached hydrogen (secondary N) is 1. The average Bonchev–Trinajstić information content (AvgIpc) is 2.86. The van der Waals surface area contributed by atoms with Crippen LogP contribution in [0.2, 0.25) is 0 Å². The predicted octanol–water partition coefficient (Wildman–Crippen LogP) is 2.70. The molecule has 1 aliphatic rings. The second-order valence-corrected chi connectivity index (χ2v) is 8.66. The number of piperidine rings is 1. The van der Waals surface area contributed by atoms with E-state index in [9.17, 15) is 14.7 Å². The first-order chi connectivity index (χ1) is 16.6. The van der Waals surface area contributed by atoms with Crippen molar-refractivity contribution in [3.8, 4) is 5.75 Å². The molecule has 0 saturated carbocycles. The lowest BCUT2D eigenvalue weighted by atomic mass is 10.0. The Balaban J connectivity index is 1.31. The molecule has 7 nitrogen and oxygen atoms in total. The lowest BCUT2D eigenvalue weighted by molar-refractivity contribution is -0.122. The molecule has 1 aromatic heterocycles. The van der Waals surface area contributed by atoms with E-state index in [1.165, 1.54) is 17.8 Å². The van der Waals surface area contributed by atoms with E-state index in [1.54, 1.807) is 4.57 Å². The van der Waals surface area contributed by atoms with Crippen molar-refractivity contribution in [2.75, 3.05) is 13.1 Å². The fourth-order valence-electron chi connectivity index (χ4n) is 4.23. The number of aliphatic hydroxyl groups excluding tert-OH is 1. The van der Waals surface area contributed by atoms with Crippen LogP contribution < -0.4 is 15.5 Å². The van der Waals surface area contributed by atoms with Crippen LogP contribution in [0.4, 0.5) is 0 Å². The molecule has 34 heavy (non-hydrogen) atoms. The highest BCUT2D eigenvalue weighted by molar-refractivity contribution is 5.76. The third-order valence-corrected chi connectivity index (χ3v) is 6.10. The maximum Gasteiger partial charge on any atom is 0.240 e. The number of hydrogen-bond donors (Lipinski definition) is 2. The highest BCUT2D eigenvalue weighted by Crippen LogP contribution is 2.15. The number of pyridine rings is 1. The van der Waals surface area contributed by atoms with Crippen LogP contribution in [0, 0.1) is 0 Å². The van der Waals surface area contributed by atoms with E-state index in [4.69, 9.17) is 4.74 Å². The summed E-state index contributed by atoms with van der Waals surface area (Å²) in [5.41, 5.74) is 2.30. The van der Waals surface area contributed by atoms with E-state index in [0.29, 0.717) is 5.69 Å². The van der Waals surface area contributed by atoms with Gasteiger partial charge in [-0.1, -0.05) is 60.7 Å². The van der Waals surface area contributed by atoms with Crippen LogP contribution in [0.1, 0.15) is 29.7 Å². The first-order valence-electron chi connectivity index (χ1n) is 11.7. The minimum absolute atomic E-state index is 0.0160. The standard InChI is InChI=1S/C27H31N3O4/c31-19-24-15-25(32)26(34-20-22-9-5-2-6-10-22)17-30(24)18-27(33)28-23-11-13-29(14-12-23)16-21-7-3-1-4-8-21/h1-10,15,17,23,31H,11-14,16,18-20H2,(H,28,33). The maximum absolute atomic E-state index is 12.8. The number of benzene rings is 2. The minimum Gasteiger partial charge on any atom is -0.483 e. The molecule has 2 heterocycles. The Kier molecular flexibility index (Phi) is 8.12. The molecule has 0 bridgehead atoms. The van der Waals surface area contributed by atoms with E-state index >= 15 is 0 Å². The first-order valence-corrected chi connectivity index (χ1v) is 11.7. The zero-order valence-corrected chi connectivity index (χ0v) is 19.2. The number of ether oxygens (including phenoxy) is 1. The van der Waals surface area contributed by atoms with Gasteiger partial charge in [-0.15, -0.1) is 0 Å². The van der Waals surface area contributed by atoms with Crippen molar-refractivity contribution in [2.24, 2.45) is 0 Å². The Hall–Kier alpha value is -3.42. The SMILES string of the molecule is O=C(Cn1cc(OCc2ccccc2)c(=O)cc1CO)NC1CCN(Cc2ccccc2)CC1. The normalized spacial score (nSPS) is 14.6. The molecule has 0 spiro atoms. The zero-order valence-electron chi connectivity index (χ0n) is 19.2. The molecular weight excluding hydrogens is 430 g/mol. The summed E-state index contributed by atoms with van der Waals surface area (Å²) in [6.45, 7) is 2.71. The van der Waals surface area contributed by atoms with Crippen molar-refractivity contribution in [1.82, 2.24) is 14.8 Å². The number of carbonyl (C=O) groups excluding carboxylic acids is 1. The minimum atomic E-state index is -0.334. The van der Waals surface area contributed by atoms with Gasteiger partial charge in [-0.25, -0.2) is 0 Å². The fourth-order valence-corrected chi connectivity index (χ4v) is 4.23. The third kappa shape index (κ3) is 6.56. The van der Waals surface area contributed by atoms with Gasteiger partial charge in [0.05, 0.1) is 12.8 Å². The molecule has 2 N–H and O–H groups in total. The molecular formula is C27H31N3O4. The highest BCUT2D eigenvalue weighted by atomic mass is 16.5. The number of aromatic nitrogens is 1. The van der Waals surface area contributed by atoms with Crippen LogP contribution in [0.3, 0.4) is 0 Å². The number of rotatable bonds is 9. The molecule has 0 radical (unpaired) electrons. The van der Waals surface area contributed by atoms with Crippen molar-refractivity contribution in [3.63, 3.8) is 0 Å². The molecule has 3 aromatic rings. The van der Waals surface area contributed by atoms with Gasteiger partial charge in [-0.3, -0.25) is 14.5 Å². The first kappa shape index (κ1) is 23.7. The van der Waals surface area contributed by atoms with Crippen molar-refractivity contribution in [2.45, 2.75) is 45.2 Å². The molecule has 1 aliphatic heterocycles. The zero-order chi connectivity index (χ0) is 23.8. The van der Waals surface area contributed by atoms with Gasteiger partial charge in [0.1, 0.15) is 13.2 Å². The van der Waals surface area contributed by atoms with Gasteiger partial charge in [0.2, 0.25) is 11.3 Å². The van der Waals surface area contributed by atoms with E-state index in [2.05, 4.69) is 34.5 Å². The van der Waals surface area contributed by atoms with Gasteiger partial charge < -0.3 is 19.7 Å². The topological polar surface area (TPSA) is 83.8 Å². The lowest BCUT2D eigenvalue weighted by Gasteiger charge is -2.32. The number of amides is 1. The van der Waals surface area contributed by atoms with Crippen LogP contribution in [-0.4, -0.2) is 39.6 Å². The third-order valence-electron chi connectivity index (χ3n) is 6.10. The average molecular weight is 462 g/mol. The molecule has 7 heteroatoms. The monoisotopic (exact) mass is 461 g/mol. The smallest absolute Gasteiger partial charge is 0.240 e. The van der Waals surface area contributed by atoms with Gasteiger partial charge in [-0.2, -0.15) is 0 Å². The summed E-state index contributed by atoms with van der Waals surface area (Å²) in [6, 6.07) is 21.4. The number of aliphatic hydroxyl groups is 1. The van der Waals surface area contributed by atoms with Gasteiger partial charge in [0.15, 0.2) is 5.75 Å². The summed E-state index contributed by atoms with van der Waals surface area (Å²) >= 11 is 0. The van der Waals surface area contributed by atoms with Gasteiger partial charge >= 0.3 is 0 Å². The van der Waals surface area contributed by atoms with Gasteiger partial charge in [0, 0.05) is 37.4 Å². The molecule has 1 amide bonds. The Morgan fingerprint density at radius 1 is 1.00 bits per heavy atom. The Morgan fingerprint density at radius 3 is 2.29 bits per heavy atom. The van der Waals surface area contributed by atoms with Crippen LogP contribution in [-0.2, 0) is 31.1 Å². The van der Waals surface area contributed by atoms with E-state index in [1.807, 2.05) is 36.4 Å². The lowest BCUT2D eigenvalue weighted by Crippen LogP contribution is -2.45. The predicted molar refractivity (Wildman–Crippen MR) is 130 cm³/mol. The molecule has 178 valence electrons. The molecule has 0 unspecified atom stereocenters. The Bertz CT molecular complexity index is 1120. The summed E-state index contributed by atoms with van der Waals surface area (Å²) in [5.74, 6) is 0.0111. The van der Waals surface area contributed by atoms with Crippen LogP contribution >= 0.6 is 0 Å². The van der Waals surface area contributed by atoms with E-state index in [-0.39, 0.29) is 42.9 Å². The van der Waals surface area contributed by atoms with Crippen molar-refractivity contribution in [3.05, 3.63) is 100.0 Å². The Morgan fingerprint density at radius 2 is 1.65 bits per heavy atom. The molecule has 1 saturated heterocycles. The number of likely N-dealkylation sites (tertiary alicyclic amines) is 1. The molecule has 0 aliphatic carbocycles. The van der Waals surface area contributed by atoms with Crippen LogP contribution in [0.25, 0.3) is 0 Å². The van der Waals surface area contributed by atoms with Gasteiger partial charge in [0.25, 0.3) is 0 Å². The Labute approximate surface area is 199 Å². The number of hydrogen-bond acceptors (Lipinski definition) is 5. The highest BCUT2D eigenvalue weighted by Gasteiger charge is 2.21. The number of nitrogens with zero attached hydrogens (tertiary/aromatic N) is 2. The molecule has 1 fully saturated rings. The van der Waals surface area contributed by atoms with Crippen LogP contribution in [0.5, 0.6) is 5.75 Å².